The van der Waals surface area contributed by atoms with Crippen LogP contribution in [0.1, 0.15) is 5.56 Å². The number of rotatable bonds is 3. The quantitative estimate of drug-likeness (QED) is 0.717. The van der Waals surface area contributed by atoms with Crippen molar-refractivity contribution in [1.29, 1.82) is 0 Å². The van der Waals surface area contributed by atoms with Crippen molar-refractivity contribution in [2.45, 2.75) is 10.9 Å². The van der Waals surface area contributed by atoms with Gasteiger partial charge in [-0.05, 0) is 23.8 Å². The minimum atomic E-state index is 0.885. The second-order valence-corrected chi connectivity index (χ2v) is 4.54. The fourth-order valence-corrected chi connectivity index (χ4v) is 2.37. The molecule has 0 amide bonds. The van der Waals surface area contributed by atoms with Crippen LogP contribution in [0.5, 0.6) is 0 Å². The average molecular weight is 242 g/mol. The zero-order valence-electron chi connectivity index (χ0n) is 9.00. The Morgan fingerprint density at radius 3 is 2.71 bits per heavy atom. The van der Waals surface area contributed by atoms with E-state index in [9.17, 15) is 0 Å². The van der Waals surface area contributed by atoms with Crippen LogP contribution in [-0.2, 0) is 5.75 Å². The summed E-state index contributed by atoms with van der Waals surface area (Å²) in [5, 5.41) is 0.921. The first-order valence-electron chi connectivity index (χ1n) is 5.23. The predicted octanol–water partition coefficient (Wildman–Crippen LogP) is 2.65. The zero-order valence-corrected chi connectivity index (χ0v) is 9.81. The van der Waals surface area contributed by atoms with Crippen LogP contribution in [0.3, 0.4) is 0 Å². The summed E-state index contributed by atoms with van der Waals surface area (Å²) < 4.78 is 0. The van der Waals surface area contributed by atoms with Gasteiger partial charge < -0.3 is 4.98 Å². The molecule has 0 atom stereocenters. The van der Waals surface area contributed by atoms with Gasteiger partial charge in [-0.15, -0.1) is 0 Å². The van der Waals surface area contributed by atoms with Crippen molar-refractivity contribution in [3.63, 3.8) is 0 Å². The molecule has 0 radical (unpaired) electrons. The van der Waals surface area contributed by atoms with Crippen molar-refractivity contribution in [2.24, 2.45) is 0 Å². The molecule has 0 fully saturated rings. The highest BCUT2D eigenvalue weighted by atomic mass is 32.2. The smallest absolute Gasteiger partial charge is 0.166 e. The average Bonchev–Trinajstić information content (AvgIpc) is 2.80. The van der Waals surface area contributed by atoms with Crippen LogP contribution in [-0.4, -0.2) is 19.9 Å². The Balaban J connectivity index is 1.77. The van der Waals surface area contributed by atoms with E-state index in [2.05, 4.69) is 19.9 Å². The number of thioether (sulfide) groups is 1. The molecule has 0 spiro atoms. The van der Waals surface area contributed by atoms with Crippen molar-refractivity contribution in [1.82, 2.24) is 19.9 Å². The highest BCUT2D eigenvalue weighted by molar-refractivity contribution is 7.98. The highest BCUT2D eigenvalue weighted by Gasteiger charge is 2.03. The Morgan fingerprint density at radius 2 is 1.88 bits per heavy atom. The van der Waals surface area contributed by atoms with Gasteiger partial charge in [0.2, 0.25) is 0 Å². The Bertz CT molecular complexity index is 587. The number of aromatic nitrogens is 4. The maximum atomic E-state index is 4.46. The number of nitrogens with one attached hydrogen (secondary N) is 1. The molecule has 3 aromatic heterocycles. The minimum Gasteiger partial charge on any atom is -0.333 e. The van der Waals surface area contributed by atoms with Gasteiger partial charge in [-0.2, -0.15) is 0 Å². The monoisotopic (exact) mass is 242 g/mol. The molecule has 0 unspecified atom stereocenters. The van der Waals surface area contributed by atoms with Crippen molar-refractivity contribution in [3.05, 3.63) is 48.5 Å². The summed E-state index contributed by atoms with van der Waals surface area (Å²) >= 11 is 1.68. The number of pyridine rings is 2. The number of H-pyrrole nitrogens is 1. The van der Waals surface area contributed by atoms with Crippen LogP contribution in [0.25, 0.3) is 11.0 Å². The van der Waals surface area contributed by atoms with E-state index in [1.807, 2.05) is 18.2 Å². The van der Waals surface area contributed by atoms with Crippen LogP contribution in [0.4, 0.5) is 0 Å². The Kier molecular flexibility index (Phi) is 2.75. The van der Waals surface area contributed by atoms with Crippen molar-refractivity contribution < 1.29 is 0 Å². The molecule has 17 heavy (non-hydrogen) atoms. The standard InChI is InChI=1S/C12H10N4S/c1-4-13-5-2-9(1)8-17-12-15-10-3-6-14-7-11(10)16-12/h1-7H,8H2,(H,15,16). The molecule has 3 rings (SSSR count). The number of hydrogen-bond acceptors (Lipinski definition) is 4. The molecule has 0 aromatic carbocycles. The molecule has 0 aliphatic heterocycles. The molecule has 4 nitrogen and oxygen atoms in total. The summed E-state index contributed by atoms with van der Waals surface area (Å²) in [4.78, 5) is 15.8. The van der Waals surface area contributed by atoms with E-state index >= 15 is 0 Å². The van der Waals surface area contributed by atoms with Crippen molar-refractivity contribution >= 4 is 22.8 Å². The molecule has 1 N–H and O–H groups in total. The Labute approximate surface area is 103 Å². The van der Waals surface area contributed by atoms with Crippen LogP contribution in [0.15, 0.2) is 48.1 Å². The lowest BCUT2D eigenvalue weighted by Crippen LogP contribution is -1.81. The summed E-state index contributed by atoms with van der Waals surface area (Å²) in [6, 6.07) is 5.95. The summed E-state index contributed by atoms with van der Waals surface area (Å²) in [7, 11) is 0. The van der Waals surface area contributed by atoms with E-state index in [1.165, 1.54) is 5.56 Å². The minimum absolute atomic E-state index is 0.885. The molecular weight excluding hydrogens is 232 g/mol. The van der Waals surface area contributed by atoms with Crippen LogP contribution >= 0.6 is 11.8 Å². The van der Waals surface area contributed by atoms with Gasteiger partial charge in [-0.1, -0.05) is 11.8 Å². The van der Waals surface area contributed by atoms with Gasteiger partial charge in [0.25, 0.3) is 0 Å². The normalized spacial score (nSPS) is 10.8. The molecule has 0 bridgehead atoms. The molecule has 84 valence electrons. The third kappa shape index (κ3) is 2.29. The van der Waals surface area contributed by atoms with Gasteiger partial charge in [0, 0.05) is 24.3 Å². The fraction of sp³-hybridized carbons (Fsp3) is 0.0833. The first kappa shape index (κ1) is 10.3. The molecule has 0 saturated carbocycles. The summed E-state index contributed by atoms with van der Waals surface area (Å²) in [5.74, 6) is 0.885. The molecule has 3 aromatic rings. The van der Waals surface area contributed by atoms with Gasteiger partial charge in [0.05, 0.1) is 11.7 Å². The molecule has 5 heteroatoms. The van der Waals surface area contributed by atoms with Crippen LogP contribution < -0.4 is 0 Å². The third-order valence-corrected chi connectivity index (χ3v) is 3.33. The highest BCUT2D eigenvalue weighted by Crippen LogP contribution is 2.21. The molecule has 0 saturated heterocycles. The number of hydrogen-bond donors (Lipinski definition) is 1. The maximum Gasteiger partial charge on any atom is 0.166 e. The van der Waals surface area contributed by atoms with Crippen molar-refractivity contribution in [3.8, 4) is 0 Å². The molecule has 0 aliphatic carbocycles. The van der Waals surface area contributed by atoms with E-state index < -0.39 is 0 Å². The van der Waals surface area contributed by atoms with E-state index in [1.54, 1.807) is 36.5 Å². The van der Waals surface area contributed by atoms with Gasteiger partial charge in [-0.3, -0.25) is 9.97 Å². The Hall–Kier alpha value is -1.88. The lowest BCUT2D eigenvalue weighted by atomic mass is 10.3. The number of aromatic amines is 1. The van der Waals surface area contributed by atoms with Gasteiger partial charge >= 0.3 is 0 Å². The van der Waals surface area contributed by atoms with E-state index in [0.29, 0.717) is 0 Å². The third-order valence-electron chi connectivity index (χ3n) is 2.39. The lowest BCUT2D eigenvalue weighted by molar-refractivity contribution is 1.08. The van der Waals surface area contributed by atoms with E-state index in [4.69, 9.17) is 0 Å². The first-order valence-corrected chi connectivity index (χ1v) is 6.22. The summed E-state index contributed by atoms with van der Waals surface area (Å²) in [6.45, 7) is 0. The maximum absolute atomic E-state index is 4.46. The number of imidazole rings is 1. The SMILES string of the molecule is c1cc(CSc2nc3cnccc3[nH]2)ccn1. The van der Waals surface area contributed by atoms with Gasteiger partial charge in [0.15, 0.2) is 5.16 Å². The van der Waals surface area contributed by atoms with Crippen LogP contribution in [0, 0.1) is 0 Å². The zero-order chi connectivity index (χ0) is 11.5. The van der Waals surface area contributed by atoms with E-state index in [-0.39, 0.29) is 0 Å². The first-order chi connectivity index (χ1) is 8.42. The van der Waals surface area contributed by atoms with Crippen LogP contribution in [0.2, 0.25) is 0 Å². The Morgan fingerprint density at radius 1 is 1.06 bits per heavy atom. The lowest BCUT2D eigenvalue weighted by Gasteiger charge is -1.97. The summed E-state index contributed by atoms with van der Waals surface area (Å²) in [6.07, 6.45) is 7.14. The van der Waals surface area contributed by atoms with Crippen molar-refractivity contribution in [2.75, 3.05) is 0 Å². The predicted molar refractivity (Wildman–Crippen MR) is 67.7 cm³/mol. The second-order valence-electron chi connectivity index (χ2n) is 3.58. The van der Waals surface area contributed by atoms with E-state index in [0.717, 1.165) is 21.9 Å². The van der Waals surface area contributed by atoms with Gasteiger partial charge in [0.1, 0.15) is 5.52 Å². The number of nitrogens with zero attached hydrogens (tertiary/aromatic N) is 3. The molecular formula is C12H10N4S. The fourth-order valence-electron chi connectivity index (χ4n) is 1.53. The van der Waals surface area contributed by atoms with Gasteiger partial charge in [-0.25, -0.2) is 4.98 Å². The second kappa shape index (κ2) is 4.55. The molecule has 0 aliphatic rings. The summed E-state index contributed by atoms with van der Waals surface area (Å²) in [5.41, 5.74) is 3.17. The largest absolute Gasteiger partial charge is 0.333 e. The number of fused-ring (bicyclic) bond motifs is 1. The topological polar surface area (TPSA) is 54.5 Å². The molecule has 3 heterocycles.